The van der Waals surface area contributed by atoms with Crippen LogP contribution >= 0.6 is 17.0 Å². The molecule has 0 spiro atoms. The van der Waals surface area contributed by atoms with Gasteiger partial charge in [0.25, 0.3) is 0 Å². The van der Waals surface area contributed by atoms with Crippen LogP contribution in [0.3, 0.4) is 0 Å². The van der Waals surface area contributed by atoms with Crippen molar-refractivity contribution in [1.82, 2.24) is 0 Å². The van der Waals surface area contributed by atoms with Crippen LogP contribution in [-0.4, -0.2) is 5.92 Å². The standard InChI is InChI=1S/2C24H29.C2H7Si.2ClH.Zr/c2*1-5-7-10-18-15-20-13-14-21(17(3)4)24(23(20)16-18)22-12-9-8-11-19(22)6-2;1-3-2;;;/h2*8-9,11-17H,5-7,10H2,1-4H3;3H,1-2H3;2*1H;/q;;;;;+2/p-2. The first-order valence-corrected chi connectivity index (χ1v) is 37.6. The van der Waals surface area contributed by atoms with Crippen LogP contribution in [0.1, 0.15) is 158 Å². The van der Waals surface area contributed by atoms with E-state index in [4.69, 9.17) is 17.0 Å². The van der Waals surface area contributed by atoms with Crippen molar-refractivity contribution in [2.45, 2.75) is 139 Å². The molecule has 0 saturated carbocycles. The normalized spacial score (nSPS) is 17.5. The van der Waals surface area contributed by atoms with Crippen LogP contribution < -0.4 is 0 Å². The van der Waals surface area contributed by atoms with Crippen molar-refractivity contribution >= 4 is 35.1 Å². The number of benzene rings is 4. The van der Waals surface area contributed by atoms with Crippen molar-refractivity contribution in [2.75, 3.05) is 0 Å². The van der Waals surface area contributed by atoms with E-state index in [-0.39, 0.29) is 7.25 Å². The molecule has 0 amide bonds. The van der Waals surface area contributed by atoms with Gasteiger partial charge in [-0.3, -0.25) is 0 Å². The molecule has 0 saturated heterocycles. The third kappa shape index (κ3) is 7.12. The zero-order valence-electron chi connectivity index (χ0n) is 34.9. The molecule has 4 aromatic rings. The summed E-state index contributed by atoms with van der Waals surface area (Å²) in [6, 6.07) is 28.1. The summed E-state index contributed by atoms with van der Waals surface area (Å²) in [4.78, 5) is 0. The topological polar surface area (TPSA) is 0 Å². The van der Waals surface area contributed by atoms with Gasteiger partial charge in [-0.1, -0.05) is 0 Å². The maximum atomic E-state index is 9.02. The van der Waals surface area contributed by atoms with Crippen LogP contribution in [0, 0.1) is 0 Å². The average molecular weight is 856 g/mol. The van der Waals surface area contributed by atoms with Crippen molar-refractivity contribution in [2.24, 2.45) is 0 Å². The molecule has 0 aromatic heterocycles. The second-order valence-electron chi connectivity index (χ2n) is 17.3. The predicted molar refractivity (Wildman–Crippen MR) is 242 cm³/mol. The first-order valence-electron chi connectivity index (χ1n) is 21.3. The second kappa shape index (κ2) is 16.9. The Labute approximate surface area is 337 Å². The van der Waals surface area contributed by atoms with Crippen molar-refractivity contribution < 1.29 is 15.6 Å². The van der Waals surface area contributed by atoms with Gasteiger partial charge in [0.2, 0.25) is 0 Å². The average Bonchev–Trinajstić information content (AvgIpc) is 3.75. The summed E-state index contributed by atoms with van der Waals surface area (Å²) in [6.07, 6.45) is 14.0. The molecule has 2 unspecified atom stereocenters. The molecule has 0 N–H and O–H groups in total. The van der Waals surface area contributed by atoms with Crippen LogP contribution in [0.5, 0.6) is 0 Å². The van der Waals surface area contributed by atoms with Crippen molar-refractivity contribution in [1.29, 1.82) is 0 Å². The maximum absolute atomic E-state index is 9.02. The molecule has 2 aliphatic carbocycles. The summed E-state index contributed by atoms with van der Waals surface area (Å²) in [5.74, 6) is -0.894. The molecule has 0 heterocycles. The minimum atomic E-state index is -4.99. The van der Waals surface area contributed by atoms with Crippen molar-refractivity contribution in [3.63, 3.8) is 0 Å². The van der Waals surface area contributed by atoms with E-state index in [0.29, 0.717) is 11.8 Å². The number of halogens is 2. The van der Waals surface area contributed by atoms with E-state index in [0.717, 1.165) is 51.4 Å². The summed E-state index contributed by atoms with van der Waals surface area (Å²) < 4.78 is 0.211. The van der Waals surface area contributed by atoms with Gasteiger partial charge >= 0.3 is 340 Å². The second-order valence-corrected chi connectivity index (χ2v) is 59.8. The SMILES string of the molecule is CCCCC1=Cc2c(ccc(C(C)C)c2-c2ccccc2CC)[CH]1[Zr]([Cl])([Cl])([CH]1C(CCCC)=Cc2c1ccc(C(C)C)c2-c1ccccc1CC)[SiH](C)C. The molecule has 2 atom stereocenters. The Hall–Kier alpha value is -1.96. The molecular formula is C50H65Cl2SiZr. The Morgan fingerprint density at radius 1 is 0.574 bits per heavy atom. The molecule has 6 rings (SSSR count). The van der Waals surface area contributed by atoms with Crippen molar-refractivity contribution in [3.05, 3.63) is 128 Å². The Kier molecular flexibility index (Phi) is 13.0. The van der Waals surface area contributed by atoms with Gasteiger partial charge in [0.1, 0.15) is 0 Å². The fraction of sp³-hybridized carbons (Fsp3) is 0.440. The summed E-state index contributed by atoms with van der Waals surface area (Å²) in [7, 11) is 18.0. The van der Waals surface area contributed by atoms with Gasteiger partial charge in [0, 0.05) is 0 Å². The Morgan fingerprint density at radius 2 is 0.963 bits per heavy atom. The molecule has 0 nitrogen and oxygen atoms in total. The third-order valence-electron chi connectivity index (χ3n) is 13.1. The van der Waals surface area contributed by atoms with E-state index in [2.05, 4.69) is 153 Å². The Bertz CT molecular complexity index is 1920. The molecular weight excluding hydrogens is 791 g/mol. The minimum absolute atomic E-state index is 0.105. The van der Waals surface area contributed by atoms with E-state index >= 15 is 0 Å². The zero-order valence-corrected chi connectivity index (χ0v) is 40.0. The molecule has 0 radical (unpaired) electrons. The summed E-state index contributed by atoms with van der Waals surface area (Å²) in [6.45, 7) is 23.7. The zero-order chi connectivity index (χ0) is 39.0. The summed E-state index contributed by atoms with van der Waals surface area (Å²) in [5, 5.41) is 0. The quantitative estimate of drug-likeness (QED) is 0.105. The first kappa shape index (κ1) is 41.7. The van der Waals surface area contributed by atoms with Gasteiger partial charge in [0.05, 0.1) is 0 Å². The van der Waals surface area contributed by atoms with Gasteiger partial charge in [-0.15, -0.1) is 0 Å². The van der Waals surface area contributed by atoms with Gasteiger partial charge in [-0.05, 0) is 0 Å². The molecule has 0 aliphatic heterocycles. The summed E-state index contributed by atoms with van der Waals surface area (Å²) in [5.41, 5.74) is 19.9. The number of allylic oxidation sites excluding steroid dienone is 2. The molecule has 287 valence electrons. The third-order valence-corrected chi connectivity index (χ3v) is 64.9. The number of fused-ring (bicyclic) bond motifs is 2. The van der Waals surface area contributed by atoms with E-state index < -0.39 is 21.5 Å². The van der Waals surface area contributed by atoms with Crippen LogP contribution in [0.4, 0.5) is 0 Å². The molecule has 54 heavy (non-hydrogen) atoms. The fourth-order valence-electron chi connectivity index (χ4n) is 10.1. The first-order chi connectivity index (χ1) is 25.8. The number of aryl methyl sites for hydroxylation is 2. The number of rotatable bonds is 15. The molecule has 0 bridgehead atoms. The Morgan fingerprint density at radius 3 is 1.30 bits per heavy atom. The monoisotopic (exact) mass is 853 g/mol. The molecule has 4 aromatic carbocycles. The van der Waals surface area contributed by atoms with Crippen LogP contribution in [-0.2, 0) is 28.4 Å². The Balaban J connectivity index is 1.69. The van der Waals surface area contributed by atoms with Crippen LogP contribution in [0.15, 0.2) is 83.9 Å². The number of hydrogen-bond acceptors (Lipinski definition) is 0. The molecule has 4 heteroatoms. The van der Waals surface area contributed by atoms with Gasteiger partial charge < -0.3 is 0 Å². The number of hydrogen-bond donors (Lipinski definition) is 0. The fourth-order valence-corrected chi connectivity index (χ4v) is 41.6. The number of unbranched alkanes of at least 4 members (excludes halogenated alkanes) is 2. The predicted octanol–water partition coefficient (Wildman–Crippen LogP) is 16.3. The van der Waals surface area contributed by atoms with E-state index in [9.17, 15) is 0 Å². The van der Waals surface area contributed by atoms with Gasteiger partial charge in [0.15, 0.2) is 0 Å². The summed E-state index contributed by atoms with van der Waals surface area (Å²) >= 11 is -4.99. The van der Waals surface area contributed by atoms with Crippen LogP contribution in [0.25, 0.3) is 34.4 Å². The molecule has 0 fully saturated rings. The van der Waals surface area contributed by atoms with Gasteiger partial charge in [-0.2, -0.15) is 0 Å². The van der Waals surface area contributed by atoms with Gasteiger partial charge in [-0.25, -0.2) is 0 Å². The molecule has 2 aliphatic rings. The van der Waals surface area contributed by atoms with Crippen LogP contribution in [0.2, 0.25) is 13.1 Å². The van der Waals surface area contributed by atoms with E-state index in [1.54, 1.807) is 0 Å². The van der Waals surface area contributed by atoms with Crippen molar-refractivity contribution in [3.8, 4) is 22.3 Å². The van der Waals surface area contributed by atoms with E-state index in [1.807, 2.05) is 0 Å². The van der Waals surface area contributed by atoms with E-state index in [1.165, 1.54) is 77.9 Å².